The van der Waals surface area contributed by atoms with Gasteiger partial charge >= 0.3 is 0 Å². The van der Waals surface area contributed by atoms with Gasteiger partial charge in [-0.2, -0.15) is 0 Å². The maximum absolute atomic E-state index is 7.21. The van der Waals surface area contributed by atoms with Crippen LogP contribution in [0.3, 0.4) is 0 Å². The fourth-order valence-corrected chi connectivity index (χ4v) is 8.29. The molecule has 228 valence electrons. The second kappa shape index (κ2) is 11.7. The maximum Gasteiger partial charge on any atom is 0.192 e. The van der Waals surface area contributed by atoms with Crippen molar-refractivity contribution in [2.24, 2.45) is 5.92 Å². The quantitative estimate of drug-likeness (QED) is 0.302. The van der Waals surface area contributed by atoms with E-state index in [2.05, 4.69) is 102 Å². The zero-order chi connectivity index (χ0) is 30.4. The van der Waals surface area contributed by atoms with Crippen LogP contribution in [0.2, 0.25) is 36.3 Å². The number of ether oxygens (including phenoxy) is 1. The van der Waals surface area contributed by atoms with Gasteiger partial charge in [0.2, 0.25) is 0 Å². The van der Waals surface area contributed by atoms with Crippen LogP contribution in [-0.4, -0.2) is 58.6 Å². The molecule has 0 radical (unpaired) electrons. The van der Waals surface area contributed by atoms with Crippen molar-refractivity contribution in [2.45, 2.75) is 121 Å². The van der Waals surface area contributed by atoms with E-state index in [1.54, 1.807) is 6.33 Å². The molecule has 2 N–H and O–H groups in total. The maximum atomic E-state index is 7.21. The summed E-state index contributed by atoms with van der Waals surface area (Å²) in [6.45, 7) is 24.0. The van der Waals surface area contributed by atoms with Crippen molar-refractivity contribution in [3.05, 3.63) is 47.8 Å². The molecule has 1 aromatic carbocycles. The number of hydrogen-bond acceptors (Lipinski definition) is 7. The molecule has 1 aromatic heterocycles. The van der Waals surface area contributed by atoms with Crippen molar-refractivity contribution in [3.8, 4) is 0 Å². The number of nitrogens with two attached hydrogens (primary N) is 1. The van der Waals surface area contributed by atoms with Gasteiger partial charge in [0.05, 0.1) is 18.2 Å². The minimum atomic E-state index is -2.02. The molecule has 2 aromatic rings. The number of nitrogens with zero attached hydrogens (tertiary/aromatic N) is 3. The van der Waals surface area contributed by atoms with Crippen LogP contribution in [-0.2, 0) is 20.0 Å². The zero-order valence-electron chi connectivity index (χ0n) is 27.3. The summed E-state index contributed by atoms with van der Waals surface area (Å²) in [4.78, 5) is 11.5. The van der Waals surface area contributed by atoms with Crippen molar-refractivity contribution in [1.82, 2.24) is 9.97 Å². The van der Waals surface area contributed by atoms with Crippen LogP contribution in [0.15, 0.2) is 36.7 Å². The molecule has 2 aliphatic rings. The second-order valence-corrected chi connectivity index (χ2v) is 24.8. The molecule has 0 aliphatic heterocycles. The molecule has 0 amide bonds. The largest absolute Gasteiger partial charge is 0.416 e. The molecule has 1 heterocycles. The Morgan fingerprint density at radius 3 is 2.20 bits per heavy atom. The van der Waals surface area contributed by atoms with Crippen molar-refractivity contribution in [1.29, 1.82) is 0 Å². The SMILES string of the molecule is CO[C@H]1Cc2ccccc2[C@H]1N(c1cc(N)ncn1)[C@@H]1C[C@@H](CO[Si](C)(C)C(C)(C)C)[C@@H](O[Si](C)(C)C(C)(C)C)C1. The minimum absolute atomic E-state index is 0.0193. The highest BCUT2D eigenvalue weighted by Crippen LogP contribution is 2.47. The zero-order valence-corrected chi connectivity index (χ0v) is 29.3. The Bertz CT molecular complexity index is 1190. The number of anilines is 2. The number of fused-ring (bicyclic) bond motifs is 1. The molecule has 4 rings (SSSR count). The van der Waals surface area contributed by atoms with Crippen LogP contribution < -0.4 is 10.6 Å². The van der Waals surface area contributed by atoms with Gasteiger partial charge in [-0.25, -0.2) is 9.97 Å². The van der Waals surface area contributed by atoms with Gasteiger partial charge in [0.1, 0.15) is 18.0 Å². The fraction of sp³-hybridized carbons (Fsp3) is 0.688. The van der Waals surface area contributed by atoms with Crippen molar-refractivity contribution < 1.29 is 13.6 Å². The average molecular weight is 599 g/mol. The number of aromatic nitrogens is 2. The first-order chi connectivity index (χ1) is 18.9. The molecule has 5 atom stereocenters. The number of methoxy groups -OCH3 is 1. The van der Waals surface area contributed by atoms with Gasteiger partial charge < -0.3 is 24.2 Å². The molecule has 7 nitrogen and oxygen atoms in total. The number of rotatable bonds is 9. The monoisotopic (exact) mass is 598 g/mol. The highest BCUT2D eigenvalue weighted by atomic mass is 28.4. The summed E-state index contributed by atoms with van der Waals surface area (Å²) >= 11 is 0. The van der Waals surface area contributed by atoms with Gasteiger partial charge in [-0.05, 0) is 60.2 Å². The summed E-state index contributed by atoms with van der Waals surface area (Å²) in [5, 5.41) is 0.285. The van der Waals surface area contributed by atoms with Crippen molar-refractivity contribution in [2.75, 3.05) is 24.4 Å². The summed E-state index contributed by atoms with van der Waals surface area (Å²) in [5.74, 6) is 1.62. The smallest absolute Gasteiger partial charge is 0.192 e. The topological polar surface area (TPSA) is 82.7 Å². The number of hydrogen-bond donors (Lipinski definition) is 1. The molecular weight excluding hydrogens is 545 g/mol. The third-order valence-corrected chi connectivity index (χ3v) is 19.4. The van der Waals surface area contributed by atoms with Gasteiger partial charge in [-0.3, -0.25) is 0 Å². The van der Waals surface area contributed by atoms with Crippen LogP contribution in [0, 0.1) is 5.92 Å². The molecule has 1 saturated carbocycles. The van der Waals surface area contributed by atoms with E-state index < -0.39 is 16.6 Å². The Labute approximate surface area is 250 Å². The molecule has 9 heteroatoms. The Morgan fingerprint density at radius 2 is 1.59 bits per heavy atom. The summed E-state index contributed by atoms with van der Waals surface area (Å²) in [6, 6.07) is 10.9. The summed E-state index contributed by atoms with van der Waals surface area (Å²) in [7, 11) is -2.12. The van der Waals surface area contributed by atoms with Crippen molar-refractivity contribution >= 4 is 28.3 Å². The van der Waals surface area contributed by atoms with Gasteiger partial charge in [-0.15, -0.1) is 0 Å². The van der Waals surface area contributed by atoms with Gasteiger partial charge in [0.15, 0.2) is 16.6 Å². The highest BCUT2D eigenvalue weighted by molar-refractivity contribution is 6.74. The normalized spacial score (nSPS) is 25.4. The third-order valence-electron chi connectivity index (χ3n) is 10.4. The van der Waals surface area contributed by atoms with Gasteiger partial charge in [0.25, 0.3) is 0 Å². The first-order valence-corrected chi connectivity index (χ1v) is 21.0. The van der Waals surface area contributed by atoms with Gasteiger partial charge in [-0.1, -0.05) is 65.8 Å². The molecule has 1 fully saturated rings. The Hall–Kier alpha value is -1.79. The summed E-state index contributed by atoms with van der Waals surface area (Å²) < 4.78 is 20.2. The molecule has 0 saturated heterocycles. The van der Waals surface area contributed by atoms with E-state index in [0.717, 1.165) is 31.7 Å². The molecule has 41 heavy (non-hydrogen) atoms. The van der Waals surface area contributed by atoms with Crippen molar-refractivity contribution in [3.63, 3.8) is 0 Å². The van der Waals surface area contributed by atoms with E-state index in [1.807, 2.05) is 13.2 Å². The van der Waals surface area contributed by atoms with Gasteiger partial charge in [0, 0.05) is 38.2 Å². The lowest BCUT2D eigenvalue weighted by molar-refractivity contribution is 0.0843. The van der Waals surface area contributed by atoms with Crippen LogP contribution in [0.5, 0.6) is 0 Å². The lowest BCUT2D eigenvalue weighted by Crippen LogP contribution is -2.47. The summed E-state index contributed by atoms with van der Waals surface area (Å²) in [5.41, 5.74) is 8.87. The van der Waals surface area contributed by atoms with Crippen LogP contribution in [0.4, 0.5) is 11.6 Å². The minimum Gasteiger partial charge on any atom is -0.416 e. The lowest BCUT2D eigenvalue weighted by atomic mass is 10.0. The fourth-order valence-electron chi connectivity index (χ4n) is 5.83. The lowest BCUT2D eigenvalue weighted by Gasteiger charge is -2.41. The molecule has 0 bridgehead atoms. The molecular formula is C32H54N4O3Si2. The second-order valence-electron chi connectivity index (χ2n) is 15.2. The standard InChI is InChI=1S/C32H54N4O3Si2/c1-31(2,3)40(8,9)38-20-23-16-24(18-26(23)39-41(10,11)32(4,5)6)36(29-19-28(33)34-21-35-29)30-25-15-13-12-14-22(25)17-27(30)37-7/h12-15,19,21,23-24,26-27,30H,16-18,20H2,1-11H3,(H2,33,34,35)/t23-,24+,26-,27-,30+/m0/s1. The Balaban J connectivity index is 1.73. The van der Waals surface area contributed by atoms with E-state index in [-0.39, 0.29) is 34.4 Å². The van der Waals surface area contributed by atoms with Crippen LogP contribution in [0.25, 0.3) is 0 Å². The predicted molar refractivity (Wildman–Crippen MR) is 174 cm³/mol. The predicted octanol–water partition coefficient (Wildman–Crippen LogP) is 7.37. The van der Waals surface area contributed by atoms with E-state index in [0.29, 0.717) is 11.7 Å². The molecule has 2 aliphatic carbocycles. The third kappa shape index (κ3) is 6.74. The average Bonchev–Trinajstić information content (AvgIpc) is 3.42. The first kappa shape index (κ1) is 32.1. The van der Waals surface area contributed by atoms with E-state index in [1.165, 1.54) is 11.1 Å². The van der Waals surface area contributed by atoms with E-state index in [9.17, 15) is 0 Å². The molecule has 0 spiro atoms. The van der Waals surface area contributed by atoms with Crippen LogP contribution in [0.1, 0.15) is 71.6 Å². The highest BCUT2D eigenvalue weighted by Gasteiger charge is 2.49. The Kier molecular flexibility index (Phi) is 9.18. The number of nitrogen functional groups attached to an aromatic ring is 1. The molecule has 0 unspecified atom stereocenters. The Morgan fingerprint density at radius 1 is 0.927 bits per heavy atom. The number of benzene rings is 1. The summed E-state index contributed by atoms with van der Waals surface area (Å²) in [6.07, 6.45) is 4.47. The first-order valence-electron chi connectivity index (χ1n) is 15.2. The van der Waals surface area contributed by atoms with Crippen LogP contribution >= 0.6 is 0 Å². The van der Waals surface area contributed by atoms with E-state index in [4.69, 9.17) is 24.3 Å². The van der Waals surface area contributed by atoms with E-state index >= 15 is 0 Å².